The van der Waals surface area contributed by atoms with E-state index in [0.717, 1.165) is 108 Å². The topological polar surface area (TPSA) is 36.9 Å². The smallest absolute Gasteiger partial charge is 0.250 e. The summed E-state index contributed by atoms with van der Waals surface area (Å²) in [7, 11) is -7.55. The maximum absolute atomic E-state index is 7.19. The van der Waals surface area contributed by atoms with Crippen LogP contribution in [0.4, 0.5) is 0 Å². The molecule has 0 heterocycles. The van der Waals surface area contributed by atoms with E-state index >= 15 is 0 Å². The predicted molar refractivity (Wildman–Crippen MR) is 237 cm³/mol. The molecule has 290 valence electrons. The quantitative estimate of drug-likeness (QED) is 0.105. The molecule has 8 heteroatoms. The Morgan fingerprint density at radius 2 is 0.596 bits per heavy atom. The lowest BCUT2D eigenvalue weighted by molar-refractivity contribution is 0.466. The first-order valence-corrected chi connectivity index (χ1v) is 31.6. The van der Waals surface area contributed by atoms with E-state index in [1.807, 2.05) is 0 Å². The van der Waals surface area contributed by atoms with E-state index < -0.39 is 33.3 Å². The van der Waals surface area contributed by atoms with Crippen molar-refractivity contribution < 1.29 is 17.7 Å². The number of benzene rings is 2. The Bertz CT molecular complexity index is 1370. The van der Waals surface area contributed by atoms with Crippen LogP contribution in [-0.2, 0) is 0 Å². The third-order valence-electron chi connectivity index (χ3n) is 13.9. The molecule has 2 aliphatic carbocycles. The maximum atomic E-state index is 7.19. The first-order chi connectivity index (χ1) is 25.0. The molecular weight excluding hydrogens is 705 g/mol. The highest BCUT2D eigenvalue weighted by Gasteiger charge is 2.38. The molecule has 52 heavy (non-hydrogen) atoms. The molecule has 0 aromatic heterocycles. The van der Waals surface area contributed by atoms with Crippen molar-refractivity contribution in [1.29, 1.82) is 0 Å². The maximum Gasteiger partial charge on any atom is 0.250 e. The molecule has 0 N–H and O–H groups in total. The van der Waals surface area contributed by atoms with E-state index in [4.69, 9.17) is 17.7 Å². The number of fused-ring (bicyclic) bond motifs is 2. The third kappa shape index (κ3) is 8.92. The summed E-state index contributed by atoms with van der Waals surface area (Å²) in [5.41, 5.74) is 5.44. The van der Waals surface area contributed by atoms with Gasteiger partial charge >= 0.3 is 0 Å². The standard InChI is InChI=1S/C44H74O4Si4/c1-13-49(14-2,15-3)45-41-31-37-29-27-35(39(37)33-43(41)47-51(19-7,20-8)21-9)25-26-36-28-30-38-32-42(46-50(16-4,17-5)18-6)44(34-40(36)38)48-52(22-10,23-11)24-12/h27-36H,13-26H2,1-12H3. The van der Waals surface area contributed by atoms with Gasteiger partial charge in [0.05, 0.1) is 0 Å². The minimum atomic E-state index is -1.90. The van der Waals surface area contributed by atoms with Crippen LogP contribution in [0.2, 0.25) is 72.5 Å². The van der Waals surface area contributed by atoms with E-state index in [1.165, 1.54) is 22.3 Å². The van der Waals surface area contributed by atoms with Gasteiger partial charge in [-0.1, -0.05) is 107 Å². The van der Waals surface area contributed by atoms with Gasteiger partial charge in [-0.15, -0.1) is 0 Å². The third-order valence-corrected chi connectivity index (χ3v) is 32.0. The van der Waals surface area contributed by atoms with Crippen molar-refractivity contribution >= 4 is 45.4 Å². The van der Waals surface area contributed by atoms with Crippen molar-refractivity contribution in [2.45, 2.75) is 180 Å². The molecule has 0 spiro atoms. The Labute approximate surface area is 323 Å². The van der Waals surface area contributed by atoms with E-state index in [0.29, 0.717) is 11.8 Å². The van der Waals surface area contributed by atoms with Gasteiger partial charge in [0, 0.05) is 11.8 Å². The summed E-state index contributed by atoms with van der Waals surface area (Å²) in [6, 6.07) is 22.9. The summed E-state index contributed by atoms with van der Waals surface area (Å²) in [6.45, 7) is 27.8. The Morgan fingerprint density at radius 1 is 0.365 bits per heavy atom. The van der Waals surface area contributed by atoms with Crippen molar-refractivity contribution in [3.05, 3.63) is 58.7 Å². The zero-order valence-electron chi connectivity index (χ0n) is 35.3. The Morgan fingerprint density at radius 3 is 0.827 bits per heavy atom. The van der Waals surface area contributed by atoms with E-state index in [1.54, 1.807) is 0 Å². The normalized spacial score (nSPS) is 17.0. The average Bonchev–Trinajstić information content (AvgIpc) is 3.78. The fourth-order valence-electron chi connectivity index (χ4n) is 8.74. The van der Waals surface area contributed by atoms with Gasteiger partial charge < -0.3 is 17.7 Å². The Kier molecular flexibility index (Phi) is 15.2. The molecular formula is C44H74O4Si4. The molecule has 2 unspecified atom stereocenters. The van der Waals surface area contributed by atoms with Crippen molar-refractivity contribution in [2.75, 3.05) is 0 Å². The van der Waals surface area contributed by atoms with Gasteiger partial charge in [0.25, 0.3) is 33.3 Å². The van der Waals surface area contributed by atoms with Gasteiger partial charge in [-0.2, -0.15) is 0 Å². The molecule has 0 aliphatic heterocycles. The predicted octanol–water partition coefficient (Wildman–Crippen LogP) is 14.9. The fraction of sp³-hybridized carbons (Fsp3) is 0.636. The van der Waals surface area contributed by atoms with Gasteiger partial charge in [-0.3, -0.25) is 0 Å². The SMILES string of the molecule is CC[Si](CC)(CC)Oc1cc2c(cc1O[Si](CC)(CC)CC)C(CCC1C=Cc3cc(O[Si](CC)(CC)CC)c(O[Si](CC)(CC)CC)cc31)C=C2. The van der Waals surface area contributed by atoms with Crippen LogP contribution in [0.3, 0.4) is 0 Å². The summed E-state index contributed by atoms with van der Waals surface area (Å²) in [6.07, 6.45) is 11.7. The van der Waals surface area contributed by atoms with Gasteiger partial charge in [0.15, 0.2) is 0 Å². The highest BCUT2D eigenvalue weighted by Crippen LogP contribution is 2.48. The van der Waals surface area contributed by atoms with Crippen LogP contribution in [0.15, 0.2) is 36.4 Å². The van der Waals surface area contributed by atoms with Crippen molar-refractivity contribution in [3.63, 3.8) is 0 Å². The molecule has 0 fully saturated rings. The van der Waals surface area contributed by atoms with Crippen LogP contribution >= 0.6 is 0 Å². The van der Waals surface area contributed by atoms with Crippen LogP contribution in [0, 0.1) is 0 Å². The number of hydrogen-bond donors (Lipinski definition) is 0. The van der Waals surface area contributed by atoms with Crippen LogP contribution in [-0.4, -0.2) is 33.3 Å². The van der Waals surface area contributed by atoms with E-state index in [9.17, 15) is 0 Å². The monoisotopic (exact) mass is 778 g/mol. The largest absolute Gasteiger partial charge is 0.541 e. The van der Waals surface area contributed by atoms with Crippen LogP contribution in [0.25, 0.3) is 12.2 Å². The molecule has 2 aliphatic rings. The molecule has 2 atom stereocenters. The second-order valence-electron chi connectivity index (χ2n) is 15.7. The molecule has 4 rings (SSSR count). The van der Waals surface area contributed by atoms with Crippen molar-refractivity contribution in [2.24, 2.45) is 0 Å². The summed E-state index contributed by atoms with van der Waals surface area (Å²) in [4.78, 5) is 0. The minimum Gasteiger partial charge on any atom is -0.541 e. The molecule has 2 aromatic rings. The lowest BCUT2D eigenvalue weighted by Crippen LogP contribution is -2.41. The highest BCUT2D eigenvalue weighted by molar-refractivity contribution is 6.76. The van der Waals surface area contributed by atoms with Gasteiger partial charge in [-0.25, -0.2) is 0 Å². The lowest BCUT2D eigenvalue weighted by Gasteiger charge is -2.34. The Balaban J connectivity index is 1.66. The first-order valence-electron chi connectivity index (χ1n) is 21.5. The zero-order chi connectivity index (χ0) is 38.2. The van der Waals surface area contributed by atoms with Gasteiger partial charge in [0.1, 0.15) is 23.0 Å². The molecule has 0 amide bonds. The highest BCUT2D eigenvalue weighted by atomic mass is 28.4. The molecule has 4 nitrogen and oxygen atoms in total. The second kappa shape index (κ2) is 18.5. The Hall–Kier alpha value is -2.01. The van der Waals surface area contributed by atoms with Crippen LogP contribution in [0.1, 0.15) is 130 Å². The summed E-state index contributed by atoms with van der Waals surface area (Å²) >= 11 is 0. The molecule has 2 aromatic carbocycles. The summed E-state index contributed by atoms with van der Waals surface area (Å²) < 4.78 is 28.6. The zero-order valence-corrected chi connectivity index (χ0v) is 39.3. The molecule has 0 radical (unpaired) electrons. The summed E-state index contributed by atoms with van der Waals surface area (Å²) in [5, 5.41) is 0. The fourth-order valence-corrected chi connectivity index (χ4v) is 19.0. The van der Waals surface area contributed by atoms with Crippen LogP contribution in [0.5, 0.6) is 23.0 Å². The molecule has 0 saturated carbocycles. The van der Waals surface area contributed by atoms with Crippen LogP contribution < -0.4 is 17.7 Å². The molecule has 0 saturated heterocycles. The number of hydrogen-bond acceptors (Lipinski definition) is 4. The number of allylic oxidation sites excluding steroid dienone is 2. The number of rotatable bonds is 23. The van der Waals surface area contributed by atoms with Crippen molar-refractivity contribution in [1.82, 2.24) is 0 Å². The second-order valence-corrected chi connectivity index (χ2v) is 34.5. The van der Waals surface area contributed by atoms with E-state index in [-0.39, 0.29) is 0 Å². The van der Waals surface area contributed by atoms with E-state index in [2.05, 4.69) is 132 Å². The first kappa shape index (κ1) is 42.7. The molecule has 0 bridgehead atoms. The van der Waals surface area contributed by atoms with Crippen molar-refractivity contribution in [3.8, 4) is 23.0 Å². The van der Waals surface area contributed by atoms with Gasteiger partial charge in [-0.05, 0) is 132 Å². The lowest BCUT2D eigenvalue weighted by atomic mass is 9.89. The summed E-state index contributed by atoms with van der Waals surface area (Å²) in [5.74, 6) is 4.77. The minimum absolute atomic E-state index is 0.374. The van der Waals surface area contributed by atoms with Gasteiger partial charge in [0.2, 0.25) is 0 Å². The average molecular weight is 779 g/mol.